The van der Waals surface area contributed by atoms with Crippen LogP contribution in [-0.2, 0) is 6.54 Å². The van der Waals surface area contributed by atoms with Crippen LogP contribution in [0.2, 0.25) is 5.02 Å². The highest BCUT2D eigenvalue weighted by atomic mass is 79.9. The van der Waals surface area contributed by atoms with E-state index < -0.39 is 0 Å². The topological polar surface area (TPSA) is 29.3 Å². The molecule has 0 radical (unpaired) electrons. The van der Waals surface area contributed by atoms with Gasteiger partial charge in [-0.05, 0) is 42.6 Å². The van der Waals surface area contributed by atoms with E-state index in [-0.39, 0.29) is 6.04 Å². The van der Waals surface area contributed by atoms with Crippen molar-refractivity contribution in [3.05, 3.63) is 55.6 Å². The van der Waals surface area contributed by atoms with Crippen molar-refractivity contribution >= 4 is 38.9 Å². The Morgan fingerprint density at radius 2 is 2.20 bits per heavy atom. The van der Waals surface area contributed by atoms with E-state index in [2.05, 4.69) is 45.4 Å². The quantitative estimate of drug-likeness (QED) is 0.796. The first-order valence-corrected chi connectivity index (χ1v) is 8.53. The van der Waals surface area contributed by atoms with Gasteiger partial charge in [-0.15, -0.1) is 11.3 Å². The zero-order valence-corrected chi connectivity index (χ0v) is 14.5. The Morgan fingerprint density at radius 1 is 1.40 bits per heavy atom. The van der Waals surface area contributed by atoms with Crippen LogP contribution in [0.25, 0.3) is 0 Å². The summed E-state index contributed by atoms with van der Waals surface area (Å²) in [6.45, 7) is 1.92. The third-order valence-corrected chi connectivity index (χ3v) is 4.87. The first-order valence-electron chi connectivity index (χ1n) is 6.47. The Kier molecular flexibility index (Phi) is 6.05. The minimum absolute atomic E-state index is 0.0265. The fourth-order valence-electron chi connectivity index (χ4n) is 2.06. The molecule has 0 aliphatic carbocycles. The molecule has 2 aromatic rings. The molecule has 108 valence electrons. The predicted octanol–water partition coefficient (Wildman–Crippen LogP) is 4.69. The summed E-state index contributed by atoms with van der Waals surface area (Å²) < 4.78 is 0.980. The number of thiophene rings is 1. The normalized spacial score (nSPS) is 12.8. The fraction of sp³-hybridized carbons (Fsp3) is 0.333. The molecule has 0 fully saturated rings. The summed E-state index contributed by atoms with van der Waals surface area (Å²) in [5.41, 5.74) is 7.26. The fourth-order valence-corrected chi connectivity index (χ4v) is 3.66. The molecule has 0 amide bonds. The predicted molar refractivity (Wildman–Crippen MR) is 91.4 cm³/mol. The lowest BCUT2D eigenvalue weighted by atomic mass is 10.0. The number of nitrogens with zero attached hydrogens (tertiary/aromatic N) is 1. The monoisotopic (exact) mass is 372 g/mol. The zero-order valence-electron chi connectivity index (χ0n) is 11.4. The Balaban J connectivity index is 1.86. The van der Waals surface area contributed by atoms with Gasteiger partial charge >= 0.3 is 0 Å². The van der Waals surface area contributed by atoms with Crippen molar-refractivity contribution in [2.45, 2.75) is 19.0 Å². The van der Waals surface area contributed by atoms with Gasteiger partial charge in [0, 0.05) is 33.5 Å². The van der Waals surface area contributed by atoms with Crippen LogP contribution in [0.1, 0.15) is 22.9 Å². The van der Waals surface area contributed by atoms with Gasteiger partial charge in [-0.25, -0.2) is 0 Å². The molecule has 0 aliphatic rings. The number of hydrogen-bond acceptors (Lipinski definition) is 3. The van der Waals surface area contributed by atoms with E-state index in [4.69, 9.17) is 17.3 Å². The summed E-state index contributed by atoms with van der Waals surface area (Å²) in [5, 5.41) is 2.84. The smallest absolute Gasteiger partial charge is 0.0464 e. The van der Waals surface area contributed by atoms with Crippen molar-refractivity contribution in [3.8, 4) is 0 Å². The zero-order chi connectivity index (χ0) is 14.5. The van der Waals surface area contributed by atoms with Gasteiger partial charge in [-0.3, -0.25) is 0 Å². The molecular formula is C15H18BrClN2S. The van der Waals surface area contributed by atoms with Crippen LogP contribution in [-0.4, -0.2) is 18.5 Å². The molecule has 0 saturated carbocycles. The maximum atomic E-state index is 6.24. The SMILES string of the molecule is CN(CCC(N)c1ccc(Br)cc1Cl)Cc1cccs1. The number of rotatable bonds is 6. The molecule has 1 unspecified atom stereocenters. The van der Waals surface area contributed by atoms with Gasteiger partial charge in [0.1, 0.15) is 0 Å². The van der Waals surface area contributed by atoms with Crippen LogP contribution in [0.4, 0.5) is 0 Å². The maximum Gasteiger partial charge on any atom is 0.0464 e. The van der Waals surface area contributed by atoms with Gasteiger partial charge in [-0.2, -0.15) is 0 Å². The van der Waals surface area contributed by atoms with E-state index in [9.17, 15) is 0 Å². The Labute approximate surface area is 137 Å². The minimum atomic E-state index is -0.0265. The second kappa shape index (κ2) is 7.57. The van der Waals surface area contributed by atoms with E-state index >= 15 is 0 Å². The molecule has 5 heteroatoms. The van der Waals surface area contributed by atoms with Crippen molar-refractivity contribution in [1.29, 1.82) is 0 Å². The number of nitrogens with two attached hydrogens (primary N) is 1. The molecule has 1 aromatic heterocycles. The van der Waals surface area contributed by atoms with Crippen molar-refractivity contribution in [1.82, 2.24) is 4.90 Å². The summed E-state index contributed by atoms with van der Waals surface area (Å²) in [7, 11) is 2.12. The maximum absolute atomic E-state index is 6.24. The standard InChI is InChI=1S/C15H18BrClN2S/c1-19(10-12-3-2-8-20-12)7-6-15(18)13-5-4-11(16)9-14(13)17/h2-5,8-9,15H,6-7,10,18H2,1H3. The molecule has 2 N–H and O–H groups in total. The third-order valence-electron chi connectivity index (χ3n) is 3.19. The third kappa shape index (κ3) is 4.57. The molecule has 1 aromatic carbocycles. The Bertz CT molecular complexity index is 545. The molecule has 2 rings (SSSR count). The lowest BCUT2D eigenvalue weighted by Crippen LogP contribution is -2.23. The Morgan fingerprint density at radius 3 is 2.85 bits per heavy atom. The van der Waals surface area contributed by atoms with Crippen LogP contribution < -0.4 is 5.73 Å². The van der Waals surface area contributed by atoms with Crippen LogP contribution in [0, 0.1) is 0 Å². The molecule has 1 atom stereocenters. The number of benzene rings is 1. The summed E-state index contributed by atoms with van der Waals surface area (Å²) >= 11 is 11.4. The van der Waals surface area contributed by atoms with Crippen LogP contribution in [0.5, 0.6) is 0 Å². The van der Waals surface area contributed by atoms with Gasteiger partial charge in [0.2, 0.25) is 0 Å². The summed E-state index contributed by atoms with van der Waals surface area (Å²) in [5.74, 6) is 0. The highest BCUT2D eigenvalue weighted by Gasteiger charge is 2.11. The minimum Gasteiger partial charge on any atom is -0.324 e. The highest BCUT2D eigenvalue weighted by molar-refractivity contribution is 9.10. The second-order valence-electron chi connectivity index (χ2n) is 4.88. The molecule has 2 nitrogen and oxygen atoms in total. The van der Waals surface area contributed by atoms with E-state index in [0.29, 0.717) is 0 Å². The van der Waals surface area contributed by atoms with Crippen LogP contribution in [0.15, 0.2) is 40.2 Å². The van der Waals surface area contributed by atoms with E-state index in [1.165, 1.54) is 4.88 Å². The van der Waals surface area contributed by atoms with Gasteiger partial charge < -0.3 is 10.6 Å². The van der Waals surface area contributed by atoms with Crippen LogP contribution >= 0.6 is 38.9 Å². The lowest BCUT2D eigenvalue weighted by molar-refractivity contribution is 0.314. The molecule has 20 heavy (non-hydrogen) atoms. The van der Waals surface area contributed by atoms with Gasteiger partial charge in [0.15, 0.2) is 0 Å². The molecule has 0 bridgehead atoms. The van der Waals surface area contributed by atoms with Gasteiger partial charge in [0.25, 0.3) is 0 Å². The molecule has 0 aliphatic heterocycles. The van der Waals surface area contributed by atoms with E-state index in [1.807, 2.05) is 18.2 Å². The number of hydrogen-bond donors (Lipinski definition) is 1. The number of halogens is 2. The average Bonchev–Trinajstić information content (AvgIpc) is 2.89. The van der Waals surface area contributed by atoms with Gasteiger partial charge in [0.05, 0.1) is 0 Å². The first-order chi connectivity index (χ1) is 9.56. The second-order valence-corrected chi connectivity index (χ2v) is 7.23. The Hall–Kier alpha value is -0.390. The summed E-state index contributed by atoms with van der Waals surface area (Å²) in [6, 6.07) is 10.1. The largest absolute Gasteiger partial charge is 0.324 e. The first kappa shape index (κ1) is 16.0. The molecule has 0 saturated heterocycles. The van der Waals surface area contributed by atoms with Crippen molar-refractivity contribution < 1.29 is 0 Å². The molecule has 1 heterocycles. The van der Waals surface area contributed by atoms with E-state index in [1.54, 1.807) is 11.3 Å². The molecular weight excluding hydrogens is 356 g/mol. The summed E-state index contributed by atoms with van der Waals surface area (Å²) in [6.07, 6.45) is 0.892. The van der Waals surface area contributed by atoms with E-state index in [0.717, 1.165) is 34.6 Å². The van der Waals surface area contributed by atoms with Crippen molar-refractivity contribution in [2.24, 2.45) is 5.73 Å². The lowest BCUT2D eigenvalue weighted by Gasteiger charge is -2.19. The van der Waals surface area contributed by atoms with Crippen LogP contribution in [0.3, 0.4) is 0 Å². The van der Waals surface area contributed by atoms with Gasteiger partial charge in [-0.1, -0.05) is 39.7 Å². The average molecular weight is 374 g/mol. The van der Waals surface area contributed by atoms with Crippen molar-refractivity contribution in [3.63, 3.8) is 0 Å². The van der Waals surface area contributed by atoms with Crippen molar-refractivity contribution in [2.75, 3.05) is 13.6 Å². The summed E-state index contributed by atoms with van der Waals surface area (Å²) in [4.78, 5) is 3.67. The molecule has 0 spiro atoms. The highest BCUT2D eigenvalue weighted by Crippen LogP contribution is 2.27.